The highest BCUT2D eigenvalue weighted by atomic mass is 32.1. The molecule has 106 valence electrons. The van der Waals surface area contributed by atoms with Gasteiger partial charge in [-0.25, -0.2) is 4.98 Å². The standard InChI is InChI=1S/C14H12N4O2S/c1-2-11-17-18-13(20)10(8-15-14(18)21-11)16-12(19)9-6-4-3-5-7-9/h3-8H,2H2,1H3,(H,16,19). The molecule has 0 aliphatic rings. The number of amides is 1. The summed E-state index contributed by atoms with van der Waals surface area (Å²) in [5.74, 6) is -0.347. The van der Waals surface area contributed by atoms with Gasteiger partial charge in [0.2, 0.25) is 4.96 Å². The number of anilines is 1. The Labute approximate surface area is 124 Å². The molecule has 1 aromatic carbocycles. The van der Waals surface area contributed by atoms with Gasteiger partial charge in [-0.05, 0) is 18.6 Å². The summed E-state index contributed by atoms with van der Waals surface area (Å²) >= 11 is 1.36. The predicted octanol–water partition coefficient (Wildman–Crippen LogP) is 1.97. The normalized spacial score (nSPS) is 10.7. The number of carbonyl (C=O) groups excluding carboxylic acids is 1. The summed E-state index contributed by atoms with van der Waals surface area (Å²) in [4.78, 5) is 29.0. The van der Waals surface area contributed by atoms with Crippen LogP contribution in [0, 0.1) is 0 Å². The van der Waals surface area contributed by atoms with Crippen LogP contribution in [0.15, 0.2) is 41.3 Å². The van der Waals surface area contributed by atoms with E-state index in [0.717, 1.165) is 11.4 Å². The largest absolute Gasteiger partial charge is 0.316 e. The van der Waals surface area contributed by atoms with Gasteiger partial charge in [-0.2, -0.15) is 9.61 Å². The highest BCUT2D eigenvalue weighted by Gasteiger charge is 2.12. The number of aryl methyl sites for hydroxylation is 1. The summed E-state index contributed by atoms with van der Waals surface area (Å²) in [5, 5.41) is 7.58. The molecule has 1 N–H and O–H groups in total. The van der Waals surface area contributed by atoms with Gasteiger partial charge in [0, 0.05) is 5.56 Å². The molecule has 2 aromatic heterocycles. The number of nitrogens with one attached hydrogen (secondary N) is 1. The Morgan fingerprint density at radius 1 is 1.33 bits per heavy atom. The minimum absolute atomic E-state index is 0.120. The zero-order chi connectivity index (χ0) is 14.8. The van der Waals surface area contributed by atoms with Crippen LogP contribution in [0.4, 0.5) is 5.69 Å². The number of aromatic nitrogens is 3. The molecule has 7 heteroatoms. The van der Waals surface area contributed by atoms with Gasteiger partial charge < -0.3 is 5.32 Å². The Balaban J connectivity index is 1.96. The highest BCUT2D eigenvalue weighted by Crippen LogP contribution is 2.12. The van der Waals surface area contributed by atoms with Crippen LogP contribution in [0.2, 0.25) is 0 Å². The molecule has 0 spiro atoms. The predicted molar refractivity (Wildman–Crippen MR) is 80.9 cm³/mol. The van der Waals surface area contributed by atoms with Crippen molar-refractivity contribution in [2.45, 2.75) is 13.3 Å². The SMILES string of the molecule is CCc1nn2c(=O)c(NC(=O)c3ccccc3)cnc2s1. The summed E-state index contributed by atoms with van der Waals surface area (Å²) in [6, 6.07) is 8.70. The van der Waals surface area contributed by atoms with Crippen LogP contribution in [0.3, 0.4) is 0 Å². The Bertz CT molecular complexity index is 854. The smallest absolute Gasteiger partial charge is 0.298 e. The summed E-state index contributed by atoms with van der Waals surface area (Å²) in [7, 11) is 0. The molecule has 0 aliphatic heterocycles. The monoisotopic (exact) mass is 300 g/mol. The number of benzene rings is 1. The van der Waals surface area contributed by atoms with E-state index in [1.807, 2.05) is 13.0 Å². The number of hydrogen-bond donors (Lipinski definition) is 1. The molecular formula is C14H12N4O2S. The molecule has 3 rings (SSSR count). The Morgan fingerprint density at radius 3 is 2.81 bits per heavy atom. The number of fused-ring (bicyclic) bond motifs is 1. The van der Waals surface area contributed by atoms with E-state index in [-0.39, 0.29) is 17.2 Å². The number of nitrogens with zero attached hydrogens (tertiary/aromatic N) is 3. The first kappa shape index (κ1) is 13.4. The van der Waals surface area contributed by atoms with Gasteiger partial charge in [0.25, 0.3) is 11.5 Å². The average Bonchev–Trinajstić information content (AvgIpc) is 2.95. The maximum atomic E-state index is 12.3. The molecule has 21 heavy (non-hydrogen) atoms. The van der Waals surface area contributed by atoms with E-state index in [9.17, 15) is 9.59 Å². The number of carbonyl (C=O) groups is 1. The first-order valence-electron chi connectivity index (χ1n) is 6.43. The third-order valence-corrected chi connectivity index (χ3v) is 3.98. The number of hydrogen-bond acceptors (Lipinski definition) is 5. The van der Waals surface area contributed by atoms with Gasteiger partial charge in [0.1, 0.15) is 10.7 Å². The van der Waals surface area contributed by atoms with Crippen molar-refractivity contribution < 1.29 is 4.79 Å². The summed E-state index contributed by atoms with van der Waals surface area (Å²) in [5.41, 5.74) is 0.226. The Kier molecular flexibility index (Phi) is 3.49. The van der Waals surface area contributed by atoms with Crippen LogP contribution in [0.1, 0.15) is 22.3 Å². The van der Waals surface area contributed by atoms with Crippen molar-refractivity contribution in [1.82, 2.24) is 14.6 Å². The topological polar surface area (TPSA) is 76.4 Å². The quantitative estimate of drug-likeness (QED) is 0.802. The molecule has 0 atom stereocenters. The van der Waals surface area contributed by atoms with Gasteiger partial charge in [-0.15, -0.1) is 0 Å². The van der Waals surface area contributed by atoms with Crippen molar-refractivity contribution in [3.63, 3.8) is 0 Å². The van der Waals surface area contributed by atoms with Crippen molar-refractivity contribution >= 4 is 27.9 Å². The van der Waals surface area contributed by atoms with E-state index >= 15 is 0 Å². The summed E-state index contributed by atoms with van der Waals surface area (Å²) in [6.07, 6.45) is 2.11. The molecule has 0 fully saturated rings. The first-order chi connectivity index (χ1) is 10.2. The van der Waals surface area contributed by atoms with Crippen molar-refractivity contribution in [2.24, 2.45) is 0 Å². The van der Waals surface area contributed by atoms with Gasteiger partial charge in [-0.3, -0.25) is 9.59 Å². The maximum Gasteiger partial charge on any atom is 0.298 e. The lowest BCUT2D eigenvalue weighted by Gasteiger charge is -2.03. The van der Waals surface area contributed by atoms with E-state index in [4.69, 9.17) is 0 Å². The third-order valence-electron chi connectivity index (χ3n) is 2.92. The molecule has 0 unspecified atom stereocenters. The van der Waals surface area contributed by atoms with E-state index in [1.165, 1.54) is 22.0 Å². The zero-order valence-electron chi connectivity index (χ0n) is 11.2. The molecule has 0 bridgehead atoms. The Morgan fingerprint density at radius 2 is 2.10 bits per heavy atom. The third kappa shape index (κ3) is 2.55. The van der Waals surface area contributed by atoms with E-state index < -0.39 is 0 Å². The van der Waals surface area contributed by atoms with Gasteiger partial charge in [0.05, 0.1) is 6.20 Å². The van der Waals surface area contributed by atoms with Crippen LogP contribution in [0.5, 0.6) is 0 Å². The van der Waals surface area contributed by atoms with Crippen LogP contribution in [-0.2, 0) is 6.42 Å². The van der Waals surface area contributed by atoms with Crippen LogP contribution in [0.25, 0.3) is 4.96 Å². The average molecular weight is 300 g/mol. The van der Waals surface area contributed by atoms with Gasteiger partial charge in [-0.1, -0.05) is 36.5 Å². The van der Waals surface area contributed by atoms with Crippen molar-refractivity contribution in [3.05, 3.63) is 57.5 Å². The molecule has 0 saturated heterocycles. The second-order valence-electron chi connectivity index (χ2n) is 4.34. The molecule has 6 nitrogen and oxygen atoms in total. The van der Waals surface area contributed by atoms with Crippen molar-refractivity contribution in [1.29, 1.82) is 0 Å². The molecule has 0 aliphatic carbocycles. The fourth-order valence-corrected chi connectivity index (χ4v) is 2.63. The van der Waals surface area contributed by atoms with E-state index in [2.05, 4.69) is 15.4 Å². The first-order valence-corrected chi connectivity index (χ1v) is 7.25. The maximum absolute atomic E-state index is 12.3. The van der Waals surface area contributed by atoms with E-state index in [1.54, 1.807) is 24.3 Å². The summed E-state index contributed by atoms with van der Waals surface area (Å²) < 4.78 is 1.23. The molecular weight excluding hydrogens is 288 g/mol. The van der Waals surface area contributed by atoms with Crippen LogP contribution >= 0.6 is 11.3 Å². The lowest BCUT2D eigenvalue weighted by molar-refractivity contribution is 0.102. The van der Waals surface area contributed by atoms with Crippen molar-refractivity contribution in [3.8, 4) is 0 Å². The fourth-order valence-electron chi connectivity index (χ4n) is 1.84. The van der Waals surface area contributed by atoms with Gasteiger partial charge >= 0.3 is 0 Å². The molecule has 0 saturated carbocycles. The molecule has 1 amide bonds. The fraction of sp³-hybridized carbons (Fsp3) is 0.143. The zero-order valence-corrected chi connectivity index (χ0v) is 12.1. The number of rotatable bonds is 3. The minimum atomic E-state index is -0.375. The summed E-state index contributed by atoms with van der Waals surface area (Å²) in [6.45, 7) is 1.96. The lowest BCUT2D eigenvalue weighted by atomic mass is 10.2. The second kappa shape index (κ2) is 5.45. The molecule has 2 heterocycles. The van der Waals surface area contributed by atoms with Crippen LogP contribution in [-0.4, -0.2) is 20.5 Å². The minimum Gasteiger partial charge on any atom is -0.316 e. The molecule has 0 radical (unpaired) electrons. The lowest BCUT2D eigenvalue weighted by Crippen LogP contribution is -2.23. The highest BCUT2D eigenvalue weighted by molar-refractivity contribution is 7.16. The van der Waals surface area contributed by atoms with E-state index in [0.29, 0.717) is 10.5 Å². The van der Waals surface area contributed by atoms with Crippen LogP contribution < -0.4 is 10.9 Å². The van der Waals surface area contributed by atoms with Crippen molar-refractivity contribution in [2.75, 3.05) is 5.32 Å². The molecule has 3 aromatic rings. The second-order valence-corrected chi connectivity index (χ2v) is 5.38. The van der Waals surface area contributed by atoms with Gasteiger partial charge in [0.15, 0.2) is 0 Å². The Hall–Kier alpha value is -2.54.